The molecule has 3 heteroatoms. The molecule has 70 valence electrons. The molecular weight excluding hydrogens is 162 g/mol. The maximum Gasteiger partial charge on any atom is 0.149 e. The molecule has 1 heterocycles. The summed E-state index contributed by atoms with van der Waals surface area (Å²) in [4.78, 5) is 8.47. The summed E-state index contributed by atoms with van der Waals surface area (Å²) in [6, 6.07) is 0.0561. The van der Waals surface area contributed by atoms with Crippen molar-refractivity contribution in [3.05, 3.63) is 35.9 Å². The molecule has 0 aromatic carbocycles. The molecule has 0 aliphatic heterocycles. The fraction of sp³-hybridized carbons (Fsp3) is 0.400. The van der Waals surface area contributed by atoms with E-state index in [2.05, 4.69) is 21.9 Å². The van der Waals surface area contributed by atoms with Gasteiger partial charge in [0, 0.05) is 12.4 Å². The Balaban J connectivity index is 2.92. The first kappa shape index (κ1) is 9.86. The van der Waals surface area contributed by atoms with Gasteiger partial charge in [0.1, 0.15) is 5.82 Å². The summed E-state index contributed by atoms with van der Waals surface area (Å²) in [7, 11) is 1.88. The minimum absolute atomic E-state index is 0.0561. The van der Waals surface area contributed by atoms with Gasteiger partial charge in [0.05, 0.1) is 6.04 Å². The van der Waals surface area contributed by atoms with Gasteiger partial charge in [0.2, 0.25) is 0 Å². The van der Waals surface area contributed by atoms with Crippen LogP contribution < -0.4 is 5.32 Å². The number of nitrogens with zero attached hydrogens (tertiary/aromatic N) is 2. The maximum absolute atomic E-state index is 4.24. The molecule has 0 amide bonds. The quantitative estimate of drug-likeness (QED) is 0.713. The molecule has 1 aromatic heterocycles. The van der Waals surface area contributed by atoms with E-state index in [1.54, 1.807) is 0 Å². The van der Waals surface area contributed by atoms with Crippen LogP contribution in [0.3, 0.4) is 0 Å². The van der Waals surface area contributed by atoms with Crippen molar-refractivity contribution >= 4 is 0 Å². The third kappa shape index (κ3) is 2.36. The monoisotopic (exact) mass is 177 g/mol. The van der Waals surface area contributed by atoms with Crippen molar-refractivity contribution in [1.29, 1.82) is 0 Å². The summed E-state index contributed by atoms with van der Waals surface area (Å²) in [5.74, 6) is 0.778. The van der Waals surface area contributed by atoms with Crippen molar-refractivity contribution in [1.82, 2.24) is 15.3 Å². The molecule has 1 N–H and O–H groups in total. The molecule has 0 fully saturated rings. The number of likely N-dealkylation sites (N-methyl/N-ethyl adjacent to an activating group) is 1. The average molecular weight is 177 g/mol. The highest BCUT2D eigenvalue weighted by Crippen LogP contribution is 2.14. The van der Waals surface area contributed by atoms with Gasteiger partial charge in [-0.15, -0.1) is 0 Å². The van der Waals surface area contributed by atoms with Gasteiger partial charge in [0.25, 0.3) is 0 Å². The van der Waals surface area contributed by atoms with Crippen LogP contribution in [-0.2, 0) is 0 Å². The number of aryl methyl sites for hydroxylation is 1. The van der Waals surface area contributed by atoms with Crippen LogP contribution >= 0.6 is 0 Å². The van der Waals surface area contributed by atoms with Crippen LogP contribution in [0, 0.1) is 6.92 Å². The number of hydrogen-bond donors (Lipinski definition) is 1. The zero-order valence-electron chi connectivity index (χ0n) is 8.33. The molecule has 0 saturated carbocycles. The largest absolute Gasteiger partial charge is 0.307 e. The van der Waals surface area contributed by atoms with E-state index >= 15 is 0 Å². The van der Waals surface area contributed by atoms with E-state index in [9.17, 15) is 0 Å². The van der Waals surface area contributed by atoms with Crippen LogP contribution in [0.25, 0.3) is 0 Å². The molecule has 1 unspecified atom stereocenters. The summed E-state index contributed by atoms with van der Waals surface area (Å²) in [6.45, 7) is 7.82. The fourth-order valence-electron chi connectivity index (χ4n) is 1.15. The van der Waals surface area contributed by atoms with E-state index < -0.39 is 0 Å². The molecule has 0 aliphatic carbocycles. The molecule has 0 bridgehead atoms. The Morgan fingerprint density at radius 2 is 2.00 bits per heavy atom. The first-order valence-electron chi connectivity index (χ1n) is 4.26. The lowest BCUT2D eigenvalue weighted by Gasteiger charge is -2.13. The minimum Gasteiger partial charge on any atom is -0.307 e. The first-order valence-corrected chi connectivity index (χ1v) is 4.26. The maximum atomic E-state index is 4.24. The normalized spacial score (nSPS) is 12.5. The SMILES string of the molecule is C=C(C)C(NC)c1ncc(C)cn1. The Morgan fingerprint density at radius 3 is 2.38 bits per heavy atom. The lowest BCUT2D eigenvalue weighted by molar-refractivity contribution is 0.635. The van der Waals surface area contributed by atoms with Crippen molar-refractivity contribution in [2.75, 3.05) is 7.05 Å². The third-order valence-corrected chi connectivity index (χ3v) is 1.84. The summed E-state index contributed by atoms with van der Waals surface area (Å²) in [6.07, 6.45) is 3.63. The highest BCUT2D eigenvalue weighted by molar-refractivity contribution is 5.13. The second-order valence-corrected chi connectivity index (χ2v) is 3.19. The molecule has 1 rings (SSSR count). The molecule has 1 aromatic rings. The Morgan fingerprint density at radius 1 is 1.46 bits per heavy atom. The van der Waals surface area contributed by atoms with E-state index in [4.69, 9.17) is 0 Å². The van der Waals surface area contributed by atoms with Crippen molar-refractivity contribution < 1.29 is 0 Å². The smallest absolute Gasteiger partial charge is 0.149 e. The van der Waals surface area contributed by atoms with Crippen LogP contribution in [0.2, 0.25) is 0 Å². The number of nitrogens with one attached hydrogen (secondary N) is 1. The summed E-state index contributed by atoms with van der Waals surface area (Å²) >= 11 is 0. The number of rotatable bonds is 3. The van der Waals surface area contributed by atoms with Gasteiger partial charge < -0.3 is 5.32 Å². The van der Waals surface area contributed by atoms with Crippen molar-refractivity contribution in [3.8, 4) is 0 Å². The summed E-state index contributed by atoms with van der Waals surface area (Å²) in [5, 5.41) is 3.11. The fourth-order valence-corrected chi connectivity index (χ4v) is 1.15. The van der Waals surface area contributed by atoms with E-state index in [0.29, 0.717) is 0 Å². The highest BCUT2D eigenvalue weighted by Gasteiger charge is 2.11. The summed E-state index contributed by atoms with van der Waals surface area (Å²) in [5.41, 5.74) is 2.09. The van der Waals surface area contributed by atoms with Gasteiger partial charge >= 0.3 is 0 Å². The first-order chi connectivity index (χ1) is 6.15. The van der Waals surface area contributed by atoms with Crippen LogP contribution in [0.15, 0.2) is 24.5 Å². The Bertz CT molecular complexity index is 290. The average Bonchev–Trinajstić information content (AvgIpc) is 2.09. The predicted molar refractivity (Wildman–Crippen MR) is 53.4 cm³/mol. The van der Waals surface area contributed by atoms with Gasteiger partial charge in [-0.3, -0.25) is 0 Å². The van der Waals surface area contributed by atoms with Gasteiger partial charge in [0.15, 0.2) is 0 Å². The van der Waals surface area contributed by atoms with Crippen molar-refractivity contribution in [2.24, 2.45) is 0 Å². The molecule has 0 spiro atoms. The van der Waals surface area contributed by atoms with Gasteiger partial charge in [-0.2, -0.15) is 0 Å². The van der Waals surface area contributed by atoms with Crippen molar-refractivity contribution in [2.45, 2.75) is 19.9 Å². The van der Waals surface area contributed by atoms with Crippen LogP contribution in [0.5, 0.6) is 0 Å². The Labute approximate surface area is 78.9 Å². The molecule has 3 nitrogen and oxygen atoms in total. The van der Waals surface area contributed by atoms with Crippen LogP contribution in [0.1, 0.15) is 24.4 Å². The molecule has 0 aliphatic rings. The highest BCUT2D eigenvalue weighted by atomic mass is 15.0. The molecular formula is C10H15N3. The van der Waals surface area contributed by atoms with Gasteiger partial charge in [-0.05, 0) is 26.5 Å². The summed E-state index contributed by atoms with van der Waals surface area (Å²) < 4.78 is 0. The number of aromatic nitrogens is 2. The standard InChI is InChI=1S/C10H15N3/c1-7(2)9(11-4)10-12-5-8(3)6-13-10/h5-6,9,11H,1H2,2-4H3. The van der Waals surface area contributed by atoms with Crippen LogP contribution in [0.4, 0.5) is 0 Å². The van der Waals surface area contributed by atoms with E-state index in [1.165, 1.54) is 0 Å². The Kier molecular flexibility index (Phi) is 3.14. The lowest BCUT2D eigenvalue weighted by atomic mass is 10.1. The zero-order valence-corrected chi connectivity index (χ0v) is 8.33. The topological polar surface area (TPSA) is 37.8 Å². The molecule has 13 heavy (non-hydrogen) atoms. The van der Waals surface area contributed by atoms with Crippen molar-refractivity contribution in [3.63, 3.8) is 0 Å². The second kappa shape index (κ2) is 4.14. The van der Waals surface area contributed by atoms with Gasteiger partial charge in [-0.25, -0.2) is 9.97 Å². The van der Waals surface area contributed by atoms with E-state index in [1.807, 2.05) is 33.3 Å². The zero-order chi connectivity index (χ0) is 9.84. The molecule has 1 atom stereocenters. The molecule has 0 saturated heterocycles. The minimum atomic E-state index is 0.0561. The van der Waals surface area contributed by atoms with Gasteiger partial charge in [-0.1, -0.05) is 12.2 Å². The number of hydrogen-bond acceptors (Lipinski definition) is 3. The second-order valence-electron chi connectivity index (χ2n) is 3.19. The van der Waals surface area contributed by atoms with E-state index in [-0.39, 0.29) is 6.04 Å². The molecule has 0 radical (unpaired) electrons. The lowest BCUT2D eigenvalue weighted by Crippen LogP contribution is -2.19. The predicted octanol–water partition coefficient (Wildman–Crippen LogP) is 1.62. The Hall–Kier alpha value is -1.22. The third-order valence-electron chi connectivity index (χ3n) is 1.84. The van der Waals surface area contributed by atoms with Crippen LogP contribution in [-0.4, -0.2) is 17.0 Å². The van der Waals surface area contributed by atoms with E-state index in [0.717, 1.165) is 17.0 Å².